The molecule has 2 aromatic heterocycles. The number of methoxy groups -OCH3 is 1. The molecule has 0 saturated carbocycles. The van der Waals surface area contributed by atoms with Crippen molar-refractivity contribution < 1.29 is 19.1 Å². The third kappa shape index (κ3) is 4.04. The van der Waals surface area contributed by atoms with Crippen molar-refractivity contribution in [3.8, 4) is 0 Å². The molecule has 1 saturated heterocycles. The summed E-state index contributed by atoms with van der Waals surface area (Å²) in [4.78, 5) is 52.3. The molecule has 1 fully saturated rings. The smallest absolute Gasteiger partial charge is 0.339 e. The average Bonchev–Trinajstić information content (AvgIpc) is 3.06. The summed E-state index contributed by atoms with van der Waals surface area (Å²) in [6, 6.07) is -0.383. The van der Waals surface area contributed by atoms with Gasteiger partial charge in [0.1, 0.15) is 5.69 Å². The van der Waals surface area contributed by atoms with E-state index >= 15 is 0 Å². The summed E-state index contributed by atoms with van der Waals surface area (Å²) in [6.45, 7) is 7.48. The number of carbonyl (C=O) groups is 3. The highest BCUT2D eigenvalue weighted by atomic mass is 16.5. The van der Waals surface area contributed by atoms with Crippen molar-refractivity contribution in [3.05, 3.63) is 46.8 Å². The van der Waals surface area contributed by atoms with Gasteiger partial charge in [-0.3, -0.25) is 19.5 Å². The number of Topliss-reactive ketones (excluding diaryl/α,β-unsaturated/α-hetero) is 1. The van der Waals surface area contributed by atoms with Crippen molar-refractivity contribution in [2.24, 2.45) is 0 Å². The summed E-state index contributed by atoms with van der Waals surface area (Å²) in [5, 5.41) is 0. The first-order chi connectivity index (χ1) is 13.8. The molecule has 0 aromatic carbocycles. The monoisotopic (exact) mass is 399 g/mol. The van der Waals surface area contributed by atoms with E-state index in [9.17, 15) is 14.4 Å². The van der Waals surface area contributed by atoms with Gasteiger partial charge in [0, 0.05) is 44.3 Å². The van der Waals surface area contributed by atoms with E-state index in [1.165, 1.54) is 25.7 Å². The van der Waals surface area contributed by atoms with E-state index in [0.29, 0.717) is 54.4 Å². The molecule has 3 rings (SSSR count). The van der Waals surface area contributed by atoms with Gasteiger partial charge in [-0.1, -0.05) is 0 Å². The summed E-state index contributed by atoms with van der Waals surface area (Å²) in [7, 11) is 1.32. The third-order valence-electron chi connectivity index (χ3n) is 5.38. The third-order valence-corrected chi connectivity index (χ3v) is 5.38. The number of hydrogen-bond donors (Lipinski definition) is 1. The maximum atomic E-state index is 13.1. The second kappa shape index (κ2) is 8.52. The Balaban J connectivity index is 1.67. The minimum atomic E-state index is -0.459. The van der Waals surface area contributed by atoms with Crippen LogP contribution < -0.4 is 0 Å². The number of nitrogens with zero attached hydrogens (tertiary/aromatic N) is 4. The van der Waals surface area contributed by atoms with Gasteiger partial charge in [0.15, 0.2) is 5.78 Å². The van der Waals surface area contributed by atoms with Gasteiger partial charge in [0.2, 0.25) is 0 Å². The minimum absolute atomic E-state index is 0.0885. The number of aryl methyl sites for hydroxylation is 1. The molecule has 9 nitrogen and oxygen atoms in total. The first kappa shape index (κ1) is 20.7. The van der Waals surface area contributed by atoms with E-state index < -0.39 is 5.97 Å². The predicted octanol–water partition coefficient (Wildman–Crippen LogP) is 1.24. The topological polar surface area (TPSA) is 108 Å². The number of rotatable bonds is 5. The maximum Gasteiger partial charge on any atom is 0.339 e. The molecule has 3 heterocycles. The van der Waals surface area contributed by atoms with Crippen LogP contribution in [0.25, 0.3) is 0 Å². The lowest BCUT2D eigenvalue weighted by atomic mass is 10.0. The van der Waals surface area contributed by atoms with Crippen LogP contribution in [0.1, 0.15) is 49.5 Å². The normalized spacial score (nSPS) is 15.8. The number of hydrogen-bond acceptors (Lipinski definition) is 7. The lowest BCUT2D eigenvalue weighted by molar-refractivity contribution is 0.0545. The largest absolute Gasteiger partial charge is 0.465 e. The molecule has 29 heavy (non-hydrogen) atoms. The van der Waals surface area contributed by atoms with Crippen LogP contribution in [0.5, 0.6) is 0 Å². The number of ketones is 1. The minimum Gasteiger partial charge on any atom is -0.465 e. The van der Waals surface area contributed by atoms with Gasteiger partial charge in [-0.25, -0.2) is 9.78 Å². The number of piperazine rings is 1. The average molecular weight is 399 g/mol. The molecule has 2 aromatic rings. The van der Waals surface area contributed by atoms with Crippen LogP contribution in [0.4, 0.5) is 0 Å². The van der Waals surface area contributed by atoms with Crippen molar-refractivity contribution in [3.63, 3.8) is 0 Å². The summed E-state index contributed by atoms with van der Waals surface area (Å²) >= 11 is 0. The van der Waals surface area contributed by atoms with Crippen LogP contribution in [0.15, 0.2) is 18.6 Å². The highest BCUT2D eigenvalue weighted by Crippen LogP contribution is 2.22. The fourth-order valence-corrected chi connectivity index (χ4v) is 3.66. The first-order valence-corrected chi connectivity index (χ1v) is 9.46. The quantitative estimate of drug-likeness (QED) is 0.595. The molecule has 1 atom stereocenters. The van der Waals surface area contributed by atoms with E-state index in [2.05, 4.69) is 15.0 Å². The van der Waals surface area contributed by atoms with Gasteiger partial charge in [0.05, 0.1) is 30.6 Å². The Labute approximate surface area is 169 Å². The fraction of sp³-hybridized carbons (Fsp3) is 0.450. The zero-order valence-corrected chi connectivity index (χ0v) is 17.1. The van der Waals surface area contributed by atoms with Crippen LogP contribution in [0.3, 0.4) is 0 Å². The van der Waals surface area contributed by atoms with Gasteiger partial charge in [0.25, 0.3) is 5.91 Å². The standard InChI is InChI=1S/C20H25N5O4/c1-12-16(20(28)29-4)13(2)23-17(12)18(26)14(3)24-7-9-25(10-8-24)19(27)15-11-21-5-6-22-15/h5-6,11,14,23H,7-10H2,1-4H3. The van der Waals surface area contributed by atoms with Crippen LogP contribution in [-0.2, 0) is 4.74 Å². The van der Waals surface area contributed by atoms with Crippen LogP contribution in [0.2, 0.25) is 0 Å². The Hall–Kier alpha value is -3.07. The first-order valence-electron chi connectivity index (χ1n) is 9.46. The Bertz CT molecular complexity index is 916. The summed E-state index contributed by atoms with van der Waals surface area (Å²) in [5.41, 5.74) is 2.36. The Morgan fingerprint density at radius 1 is 1.14 bits per heavy atom. The van der Waals surface area contributed by atoms with Crippen molar-refractivity contribution in [2.75, 3.05) is 33.3 Å². The number of aromatic nitrogens is 3. The predicted molar refractivity (Wildman–Crippen MR) is 105 cm³/mol. The van der Waals surface area contributed by atoms with E-state index in [-0.39, 0.29) is 17.7 Å². The number of amides is 1. The molecular formula is C20H25N5O4. The molecule has 1 amide bonds. The van der Waals surface area contributed by atoms with Crippen molar-refractivity contribution in [1.82, 2.24) is 24.8 Å². The number of ether oxygens (including phenoxy) is 1. The molecule has 1 N–H and O–H groups in total. The van der Waals surface area contributed by atoms with Gasteiger partial charge in [-0.05, 0) is 26.3 Å². The summed E-state index contributed by atoms with van der Waals surface area (Å²) in [5.74, 6) is -0.705. The summed E-state index contributed by atoms with van der Waals surface area (Å²) < 4.78 is 4.81. The molecule has 0 radical (unpaired) electrons. The lowest BCUT2D eigenvalue weighted by Gasteiger charge is -2.37. The number of H-pyrrole nitrogens is 1. The maximum absolute atomic E-state index is 13.1. The SMILES string of the molecule is COC(=O)c1c(C)[nH]c(C(=O)C(C)N2CCN(C(=O)c3cnccn3)CC2)c1C. The zero-order valence-electron chi connectivity index (χ0n) is 17.1. The molecule has 1 unspecified atom stereocenters. The second-order valence-electron chi connectivity index (χ2n) is 7.08. The number of aromatic amines is 1. The molecule has 1 aliphatic heterocycles. The molecule has 154 valence electrons. The van der Waals surface area contributed by atoms with Gasteiger partial charge in [-0.2, -0.15) is 0 Å². The van der Waals surface area contributed by atoms with Crippen molar-refractivity contribution in [1.29, 1.82) is 0 Å². The Morgan fingerprint density at radius 2 is 1.83 bits per heavy atom. The molecule has 0 aliphatic carbocycles. The number of carbonyl (C=O) groups excluding carboxylic acids is 3. The van der Waals surface area contributed by atoms with Crippen molar-refractivity contribution in [2.45, 2.75) is 26.8 Å². The van der Waals surface area contributed by atoms with E-state index in [4.69, 9.17) is 4.74 Å². The van der Waals surface area contributed by atoms with E-state index in [1.807, 2.05) is 11.8 Å². The molecule has 0 spiro atoms. The van der Waals surface area contributed by atoms with E-state index in [0.717, 1.165) is 0 Å². The Kier molecular flexibility index (Phi) is 6.07. The number of esters is 1. The number of nitrogens with one attached hydrogen (secondary N) is 1. The van der Waals surface area contributed by atoms with Gasteiger partial charge >= 0.3 is 5.97 Å². The van der Waals surface area contributed by atoms with Crippen LogP contribution in [-0.4, -0.2) is 81.7 Å². The van der Waals surface area contributed by atoms with Crippen LogP contribution in [0, 0.1) is 13.8 Å². The lowest BCUT2D eigenvalue weighted by Crippen LogP contribution is -2.53. The van der Waals surface area contributed by atoms with Crippen LogP contribution >= 0.6 is 0 Å². The summed E-state index contributed by atoms with van der Waals surface area (Å²) in [6.07, 6.45) is 4.47. The highest BCUT2D eigenvalue weighted by molar-refractivity contribution is 6.03. The molecule has 1 aliphatic rings. The Morgan fingerprint density at radius 3 is 2.41 bits per heavy atom. The molecular weight excluding hydrogens is 374 g/mol. The highest BCUT2D eigenvalue weighted by Gasteiger charge is 2.31. The molecule has 9 heteroatoms. The zero-order chi connectivity index (χ0) is 21.1. The molecule has 0 bridgehead atoms. The van der Waals surface area contributed by atoms with Crippen molar-refractivity contribution >= 4 is 17.7 Å². The fourth-order valence-electron chi connectivity index (χ4n) is 3.66. The second-order valence-corrected chi connectivity index (χ2v) is 7.08. The van der Waals surface area contributed by atoms with E-state index in [1.54, 1.807) is 18.7 Å². The van der Waals surface area contributed by atoms with Gasteiger partial charge in [-0.15, -0.1) is 0 Å². The van der Waals surface area contributed by atoms with Gasteiger partial charge < -0.3 is 14.6 Å².